The van der Waals surface area contributed by atoms with Crippen LogP contribution in [-0.2, 0) is 0 Å². The predicted molar refractivity (Wildman–Crippen MR) is 81.4 cm³/mol. The molecule has 0 saturated carbocycles. The second-order valence-corrected chi connectivity index (χ2v) is 5.79. The second kappa shape index (κ2) is 6.23. The summed E-state index contributed by atoms with van der Waals surface area (Å²) in [5, 5.41) is 11.1. The van der Waals surface area contributed by atoms with Gasteiger partial charge in [-0.3, -0.25) is 4.79 Å². The minimum absolute atomic E-state index is 0.0537. The molecule has 1 aromatic heterocycles. The molecule has 0 radical (unpaired) electrons. The molecule has 2 aromatic rings. The lowest BCUT2D eigenvalue weighted by Gasteiger charge is -2.33. The maximum absolute atomic E-state index is 12.6. The lowest BCUT2D eigenvalue weighted by molar-refractivity contribution is 0.0681. The molecule has 1 aliphatic heterocycles. The van der Waals surface area contributed by atoms with E-state index >= 15 is 0 Å². The first-order chi connectivity index (χ1) is 10.6. The Morgan fingerprint density at radius 2 is 2.14 bits per heavy atom. The van der Waals surface area contributed by atoms with Crippen molar-refractivity contribution in [2.75, 3.05) is 13.1 Å². The zero-order valence-corrected chi connectivity index (χ0v) is 12.6. The lowest BCUT2D eigenvalue weighted by atomic mass is 9.90. The van der Waals surface area contributed by atoms with E-state index in [9.17, 15) is 4.79 Å². The zero-order valence-electron chi connectivity index (χ0n) is 12.6. The number of hydrogen-bond acceptors (Lipinski definition) is 5. The molecule has 0 aliphatic carbocycles. The van der Waals surface area contributed by atoms with Crippen molar-refractivity contribution >= 4 is 5.91 Å². The van der Waals surface area contributed by atoms with Gasteiger partial charge in [-0.25, -0.2) is 4.68 Å². The van der Waals surface area contributed by atoms with Crippen molar-refractivity contribution in [1.29, 1.82) is 0 Å². The van der Waals surface area contributed by atoms with E-state index < -0.39 is 0 Å². The standard InChI is InChI=1S/C15H20N6O/c1-11(16)12-5-7-20(8-6-12)15(22)13-3-2-4-14(9-13)21-10-17-18-19-21/h2-4,9-12H,5-8,16H2,1H3. The number of likely N-dealkylation sites (tertiary alicyclic amines) is 1. The van der Waals surface area contributed by atoms with Gasteiger partial charge in [0, 0.05) is 24.7 Å². The number of hydrogen-bond donors (Lipinski definition) is 1. The van der Waals surface area contributed by atoms with E-state index in [-0.39, 0.29) is 11.9 Å². The molecular weight excluding hydrogens is 280 g/mol. The summed E-state index contributed by atoms with van der Waals surface area (Å²) in [6.45, 7) is 3.57. The zero-order chi connectivity index (χ0) is 15.5. The smallest absolute Gasteiger partial charge is 0.253 e. The first-order valence-electron chi connectivity index (χ1n) is 7.53. The third-order valence-corrected chi connectivity index (χ3v) is 4.28. The van der Waals surface area contributed by atoms with Crippen LogP contribution in [0.4, 0.5) is 0 Å². The Morgan fingerprint density at radius 1 is 1.36 bits per heavy atom. The number of nitrogens with two attached hydrogens (primary N) is 1. The lowest BCUT2D eigenvalue weighted by Crippen LogP contribution is -2.42. The van der Waals surface area contributed by atoms with Gasteiger partial charge in [-0.1, -0.05) is 6.07 Å². The Bertz CT molecular complexity index is 631. The number of rotatable bonds is 3. The van der Waals surface area contributed by atoms with E-state index in [1.807, 2.05) is 36.1 Å². The molecule has 2 heterocycles. The number of piperidine rings is 1. The van der Waals surface area contributed by atoms with Crippen molar-refractivity contribution in [3.05, 3.63) is 36.2 Å². The molecule has 1 aliphatic rings. The molecule has 0 bridgehead atoms. The first-order valence-corrected chi connectivity index (χ1v) is 7.53. The highest BCUT2D eigenvalue weighted by Crippen LogP contribution is 2.21. The number of carbonyl (C=O) groups is 1. The third-order valence-electron chi connectivity index (χ3n) is 4.28. The summed E-state index contributed by atoms with van der Waals surface area (Å²) in [5.41, 5.74) is 7.39. The van der Waals surface area contributed by atoms with E-state index in [0.717, 1.165) is 31.6 Å². The third kappa shape index (κ3) is 2.99. The summed E-state index contributed by atoms with van der Waals surface area (Å²) < 4.78 is 1.54. The molecule has 3 rings (SSSR count). The van der Waals surface area contributed by atoms with Crippen molar-refractivity contribution in [2.45, 2.75) is 25.8 Å². The van der Waals surface area contributed by atoms with Crippen molar-refractivity contribution in [3.63, 3.8) is 0 Å². The van der Waals surface area contributed by atoms with Gasteiger partial charge in [-0.2, -0.15) is 0 Å². The number of amides is 1. The van der Waals surface area contributed by atoms with Crippen LogP contribution in [0.1, 0.15) is 30.1 Å². The van der Waals surface area contributed by atoms with Gasteiger partial charge >= 0.3 is 0 Å². The minimum atomic E-state index is 0.0537. The Morgan fingerprint density at radius 3 is 2.77 bits per heavy atom. The fourth-order valence-electron chi connectivity index (χ4n) is 2.87. The van der Waals surface area contributed by atoms with Crippen LogP contribution < -0.4 is 5.73 Å². The quantitative estimate of drug-likeness (QED) is 0.908. The van der Waals surface area contributed by atoms with Crippen LogP contribution in [0.15, 0.2) is 30.6 Å². The molecule has 7 nitrogen and oxygen atoms in total. The molecule has 1 unspecified atom stereocenters. The van der Waals surface area contributed by atoms with Gasteiger partial charge in [-0.05, 0) is 54.3 Å². The summed E-state index contributed by atoms with van der Waals surface area (Å²) in [4.78, 5) is 14.5. The maximum Gasteiger partial charge on any atom is 0.253 e. The van der Waals surface area contributed by atoms with Crippen LogP contribution in [-0.4, -0.2) is 50.1 Å². The number of aromatic nitrogens is 4. The maximum atomic E-state index is 12.6. The average molecular weight is 300 g/mol. The largest absolute Gasteiger partial charge is 0.339 e. The molecular formula is C15H20N6O. The highest BCUT2D eigenvalue weighted by atomic mass is 16.2. The van der Waals surface area contributed by atoms with E-state index in [1.54, 1.807) is 4.68 Å². The summed E-state index contributed by atoms with van der Waals surface area (Å²) in [6, 6.07) is 7.55. The van der Waals surface area contributed by atoms with Crippen LogP contribution >= 0.6 is 0 Å². The SMILES string of the molecule is CC(N)C1CCN(C(=O)c2cccc(-n3cnnn3)c2)CC1. The van der Waals surface area contributed by atoms with Crippen molar-refractivity contribution in [2.24, 2.45) is 11.7 Å². The molecule has 7 heteroatoms. The van der Waals surface area contributed by atoms with Crippen LogP contribution in [0.2, 0.25) is 0 Å². The van der Waals surface area contributed by atoms with Gasteiger partial charge in [0.25, 0.3) is 5.91 Å². The molecule has 1 amide bonds. The molecule has 0 spiro atoms. The van der Waals surface area contributed by atoms with E-state index in [1.165, 1.54) is 6.33 Å². The highest BCUT2D eigenvalue weighted by Gasteiger charge is 2.25. The summed E-state index contributed by atoms with van der Waals surface area (Å²) in [6.07, 6.45) is 3.45. The van der Waals surface area contributed by atoms with E-state index in [4.69, 9.17) is 5.73 Å². The van der Waals surface area contributed by atoms with Crippen molar-refractivity contribution in [1.82, 2.24) is 25.1 Å². The van der Waals surface area contributed by atoms with E-state index in [0.29, 0.717) is 11.5 Å². The van der Waals surface area contributed by atoms with Gasteiger partial charge in [0.05, 0.1) is 5.69 Å². The fraction of sp³-hybridized carbons (Fsp3) is 0.467. The molecule has 1 atom stereocenters. The topological polar surface area (TPSA) is 89.9 Å². The number of benzene rings is 1. The number of carbonyl (C=O) groups excluding carboxylic acids is 1. The van der Waals surface area contributed by atoms with Crippen molar-refractivity contribution in [3.8, 4) is 5.69 Å². The van der Waals surface area contributed by atoms with Crippen LogP contribution in [0.25, 0.3) is 5.69 Å². The summed E-state index contributed by atoms with van der Waals surface area (Å²) in [7, 11) is 0. The Balaban J connectivity index is 1.72. The molecule has 1 aromatic carbocycles. The molecule has 116 valence electrons. The first kappa shape index (κ1) is 14.6. The van der Waals surface area contributed by atoms with Gasteiger partial charge in [0.15, 0.2) is 0 Å². The van der Waals surface area contributed by atoms with Crippen LogP contribution in [0.3, 0.4) is 0 Å². The fourth-order valence-corrected chi connectivity index (χ4v) is 2.87. The van der Waals surface area contributed by atoms with E-state index in [2.05, 4.69) is 15.5 Å². The number of nitrogens with zero attached hydrogens (tertiary/aromatic N) is 5. The Hall–Kier alpha value is -2.28. The predicted octanol–water partition coefficient (Wildman–Crippen LogP) is 0.862. The monoisotopic (exact) mass is 300 g/mol. The average Bonchev–Trinajstić information content (AvgIpc) is 3.09. The molecule has 22 heavy (non-hydrogen) atoms. The summed E-state index contributed by atoms with van der Waals surface area (Å²) in [5.74, 6) is 0.564. The molecule has 1 saturated heterocycles. The van der Waals surface area contributed by atoms with Gasteiger partial charge < -0.3 is 10.6 Å². The van der Waals surface area contributed by atoms with Gasteiger partial charge in [0.1, 0.15) is 6.33 Å². The molecule has 1 fully saturated rings. The normalized spacial score (nSPS) is 17.5. The number of tetrazole rings is 1. The van der Waals surface area contributed by atoms with Crippen LogP contribution in [0, 0.1) is 5.92 Å². The second-order valence-electron chi connectivity index (χ2n) is 5.79. The minimum Gasteiger partial charge on any atom is -0.339 e. The van der Waals surface area contributed by atoms with Gasteiger partial charge in [0.2, 0.25) is 0 Å². The van der Waals surface area contributed by atoms with Crippen molar-refractivity contribution < 1.29 is 4.79 Å². The van der Waals surface area contributed by atoms with Gasteiger partial charge in [-0.15, -0.1) is 5.10 Å². The van der Waals surface area contributed by atoms with Crippen LogP contribution in [0.5, 0.6) is 0 Å². The Kier molecular flexibility index (Phi) is 4.15. The Labute approximate surface area is 129 Å². The highest BCUT2D eigenvalue weighted by molar-refractivity contribution is 5.94. The molecule has 2 N–H and O–H groups in total. The summed E-state index contributed by atoms with van der Waals surface area (Å²) >= 11 is 0.